The van der Waals surface area contributed by atoms with Crippen LogP contribution in [0.3, 0.4) is 0 Å². The monoisotopic (exact) mass is 184 g/mol. The number of epoxide rings is 1. The summed E-state index contributed by atoms with van der Waals surface area (Å²) in [5.41, 5.74) is 0.426. The SMILES string of the molecule is C=C(C)C1CC2OC2(C)C(O)C1O. The largest absolute Gasteiger partial charge is 0.390 e. The summed E-state index contributed by atoms with van der Waals surface area (Å²) in [4.78, 5) is 0. The summed E-state index contributed by atoms with van der Waals surface area (Å²) < 4.78 is 5.38. The predicted molar refractivity (Wildman–Crippen MR) is 48.2 cm³/mol. The van der Waals surface area contributed by atoms with E-state index in [9.17, 15) is 10.2 Å². The molecule has 1 heterocycles. The van der Waals surface area contributed by atoms with Crippen molar-refractivity contribution >= 4 is 0 Å². The van der Waals surface area contributed by atoms with E-state index >= 15 is 0 Å². The summed E-state index contributed by atoms with van der Waals surface area (Å²) in [6.07, 6.45) is -0.605. The minimum atomic E-state index is -0.770. The van der Waals surface area contributed by atoms with E-state index in [1.54, 1.807) is 0 Å². The second kappa shape index (κ2) is 2.56. The molecule has 0 radical (unpaired) electrons. The fourth-order valence-corrected chi connectivity index (χ4v) is 2.24. The van der Waals surface area contributed by atoms with E-state index in [1.165, 1.54) is 0 Å². The van der Waals surface area contributed by atoms with Gasteiger partial charge in [-0.2, -0.15) is 0 Å². The average molecular weight is 184 g/mol. The first-order valence-corrected chi connectivity index (χ1v) is 4.66. The van der Waals surface area contributed by atoms with Crippen LogP contribution in [0.25, 0.3) is 0 Å². The highest BCUT2D eigenvalue weighted by atomic mass is 16.6. The first-order chi connectivity index (χ1) is 5.97. The summed E-state index contributed by atoms with van der Waals surface area (Å²) in [6, 6.07) is 0. The zero-order chi connectivity index (χ0) is 9.80. The van der Waals surface area contributed by atoms with E-state index < -0.39 is 17.8 Å². The quantitative estimate of drug-likeness (QED) is 0.460. The van der Waals surface area contributed by atoms with Crippen LogP contribution in [0.4, 0.5) is 0 Å². The summed E-state index contributed by atoms with van der Waals surface area (Å²) in [5.74, 6) is -0.0180. The van der Waals surface area contributed by atoms with Gasteiger partial charge in [0.25, 0.3) is 0 Å². The molecule has 2 rings (SSSR count). The second-order valence-corrected chi connectivity index (χ2v) is 4.41. The molecule has 1 aliphatic carbocycles. The Morgan fingerprint density at radius 1 is 1.54 bits per heavy atom. The lowest BCUT2D eigenvalue weighted by Crippen LogP contribution is -2.48. The molecule has 1 saturated heterocycles. The fourth-order valence-electron chi connectivity index (χ4n) is 2.24. The van der Waals surface area contributed by atoms with Gasteiger partial charge in [0, 0.05) is 5.92 Å². The van der Waals surface area contributed by atoms with Gasteiger partial charge in [-0.1, -0.05) is 12.2 Å². The van der Waals surface area contributed by atoms with Gasteiger partial charge in [-0.15, -0.1) is 0 Å². The van der Waals surface area contributed by atoms with E-state index in [1.807, 2.05) is 13.8 Å². The molecule has 0 aromatic heterocycles. The molecule has 13 heavy (non-hydrogen) atoms. The molecule has 5 unspecified atom stereocenters. The predicted octanol–water partition coefficient (Wildman–Crippen LogP) is 0.462. The molecule has 0 aromatic carbocycles. The van der Waals surface area contributed by atoms with Crippen LogP contribution in [-0.2, 0) is 4.74 Å². The number of aliphatic hydroxyl groups is 2. The van der Waals surface area contributed by atoms with E-state index in [0.717, 1.165) is 12.0 Å². The lowest BCUT2D eigenvalue weighted by Gasteiger charge is -2.33. The smallest absolute Gasteiger partial charge is 0.120 e. The molecule has 1 aliphatic heterocycles. The third-order valence-electron chi connectivity index (χ3n) is 3.40. The number of aliphatic hydroxyl groups excluding tert-OH is 2. The molecule has 0 bridgehead atoms. The number of fused-ring (bicyclic) bond motifs is 1. The van der Waals surface area contributed by atoms with Crippen molar-refractivity contribution in [2.45, 2.75) is 44.2 Å². The Morgan fingerprint density at radius 2 is 2.15 bits per heavy atom. The molecule has 3 heteroatoms. The summed E-state index contributed by atoms with van der Waals surface area (Å²) in [5, 5.41) is 19.5. The van der Waals surface area contributed by atoms with Crippen molar-refractivity contribution in [3.05, 3.63) is 12.2 Å². The Morgan fingerprint density at radius 3 is 2.69 bits per heavy atom. The van der Waals surface area contributed by atoms with Gasteiger partial charge < -0.3 is 14.9 Å². The molecule has 1 saturated carbocycles. The van der Waals surface area contributed by atoms with E-state index in [4.69, 9.17) is 4.74 Å². The Labute approximate surface area is 78.0 Å². The lowest BCUT2D eigenvalue weighted by molar-refractivity contribution is -0.0530. The molecule has 0 amide bonds. The number of rotatable bonds is 1. The highest BCUT2D eigenvalue weighted by molar-refractivity contribution is 5.17. The first-order valence-electron chi connectivity index (χ1n) is 4.66. The van der Waals surface area contributed by atoms with Crippen LogP contribution in [-0.4, -0.2) is 34.1 Å². The van der Waals surface area contributed by atoms with E-state index in [-0.39, 0.29) is 12.0 Å². The van der Waals surface area contributed by atoms with Crippen molar-refractivity contribution in [1.29, 1.82) is 0 Å². The maximum Gasteiger partial charge on any atom is 0.120 e. The third-order valence-corrected chi connectivity index (χ3v) is 3.40. The van der Waals surface area contributed by atoms with Crippen LogP contribution in [0.5, 0.6) is 0 Å². The van der Waals surface area contributed by atoms with Gasteiger partial charge >= 0.3 is 0 Å². The summed E-state index contributed by atoms with van der Waals surface area (Å²) in [7, 11) is 0. The van der Waals surface area contributed by atoms with Crippen LogP contribution < -0.4 is 0 Å². The number of hydrogen-bond acceptors (Lipinski definition) is 3. The second-order valence-electron chi connectivity index (χ2n) is 4.41. The zero-order valence-corrected chi connectivity index (χ0v) is 8.03. The van der Waals surface area contributed by atoms with E-state index in [0.29, 0.717) is 0 Å². The van der Waals surface area contributed by atoms with Crippen LogP contribution >= 0.6 is 0 Å². The summed E-state index contributed by atoms with van der Waals surface area (Å²) >= 11 is 0. The normalized spacial score (nSPS) is 54.2. The number of ether oxygens (including phenoxy) is 1. The van der Waals surface area contributed by atoms with Crippen molar-refractivity contribution in [2.24, 2.45) is 5.92 Å². The fraction of sp³-hybridized carbons (Fsp3) is 0.800. The standard InChI is InChI=1S/C10H16O3/c1-5(2)6-4-7-10(3,13-7)9(12)8(6)11/h6-9,11-12H,1,4H2,2-3H3. The minimum Gasteiger partial charge on any atom is -0.390 e. The van der Waals surface area contributed by atoms with Crippen molar-refractivity contribution in [1.82, 2.24) is 0 Å². The number of hydrogen-bond donors (Lipinski definition) is 2. The lowest BCUT2D eigenvalue weighted by atomic mass is 9.76. The average Bonchev–Trinajstić information content (AvgIpc) is 2.70. The Hall–Kier alpha value is -0.380. The summed E-state index contributed by atoms with van der Waals surface area (Å²) in [6.45, 7) is 7.54. The first kappa shape index (κ1) is 9.19. The topological polar surface area (TPSA) is 53.0 Å². The van der Waals surface area contributed by atoms with Gasteiger partial charge in [-0.05, 0) is 20.3 Å². The van der Waals surface area contributed by atoms with Crippen LogP contribution in [0, 0.1) is 5.92 Å². The van der Waals surface area contributed by atoms with Crippen LogP contribution in [0.15, 0.2) is 12.2 Å². The van der Waals surface area contributed by atoms with Gasteiger partial charge in [-0.3, -0.25) is 0 Å². The highest BCUT2D eigenvalue weighted by Gasteiger charge is 2.64. The minimum absolute atomic E-state index is 0.0180. The molecule has 74 valence electrons. The molecule has 5 atom stereocenters. The zero-order valence-electron chi connectivity index (χ0n) is 8.03. The molecule has 2 N–H and O–H groups in total. The molecule has 0 aromatic rings. The molecular weight excluding hydrogens is 168 g/mol. The molecule has 0 spiro atoms. The Balaban J connectivity index is 2.17. The maximum atomic E-state index is 9.78. The van der Waals surface area contributed by atoms with Gasteiger partial charge in [0.2, 0.25) is 0 Å². The highest BCUT2D eigenvalue weighted by Crippen LogP contribution is 2.50. The molecule has 2 aliphatic rings. The van der Waals surface area contributed by atoms with Gasteiger partial charge in [0.1, 0.15) is 11.7 Å². The maximum absolute atomic E-state index is 9.78. The molecular formula is C10H16O3. The molecule has 3 nitrogen and oxygen atoms in total. The van der Waals surface area contributed by atoms with Crippen LogP contribution in [0.2, 0.25) is 0 Å². The third kappa shape index (κ3) is 1.15. The van der Waals surface area contributed by atoms with Crippen molar-refractivity contribution in [3.63, 3.8) is 0 Å². The molecule has 2 fully saturated rings. The van der Waals surface area contributed by atoms with Crippen molar-refractivity contribution in [3.8, 4) is 0 Å². The Kier molecular flexibility index (Phi) is 1.81. The van der Waals surface area contributed by atoms with Crippen molar-refractivity contribution < 1.29 is 14.9 Å². The van der Waals surface area contributed by atoms with Gasteiger partial charge in [-0.25, -0.2) is 0 Å². The van der Waals surface area contributed by atoms with Gasteiger partial charge in [0.15, 0.2) is 0 Å². The van der Waals surface area contributed by atoms with E-state index in [2.05, 4.69) is 6.58 Å². The van der Waals surface area contributed by atoms with Crippen molar-refractivity contribution in [2.75, 3.05) is 0 Å². The van der Waals surface area contributed by atoms with Crippen LogP contribution in [0.1, 0.15) is 20.3 Å². The Bertz CT molecular complexity index is 251. The van der Waals surface area contributed by atoms with Gasteiger partial charge in [0.05, 0.1) is 12.2 Å².